The average Bonchev–Trinajstić information content (AvgIpc) is 3.55. The van der Waals surface area contributed by atoms with E-state index in [1.165, 1.54) is 0 Å². The molecule has 0 aliphatic carbocycles. The highest BCUT2D eigenvalue weighted by Gasteiger charge is 2.74. The number of anilines is 1. The Morgan fingerprint density at radius 1 is 1.24 bits per heavy atom. The van der Waals surface area contributed by atoms with Crippen molar-refractivity contribution in [2.45, 2.75) is 48.1 Å². The molecule has 0 radical (unpaired) electrons. The van der Waals surface area contributed by atoms with E-state index >= 15 is 0 Å². The maximum absolute atomic E-state index is 14.4. The fraction of sp³-hybridized carbons (Fsp3) is 0.536. The Morgan fingerprint density at radius 3 is 2.65 bits per heavy atom. The highest BCUT2D eigenvalue weighted by Crippen LogP contribution is 2.66. The maximum Gasteiger partial charge on any atom is 0.310 e. The Labute approximate surface area is 222 Å². The number of aliphatic hydroxyl groups is 1. The summed E-state index contributed by atoms with van der Waals surface area (Å²) in [7, 11) is 1.59. The summed E-state index contributed by atoms with van der Waals surface area (Å²) in [6, 6.07) is 6.52. The predicted octanol–water partition coefficient (Wildman–Crippen LogP) is 3.20. The van der Waals surface area contributed by atoms with Gasteiger partial charge in [-0.2, -0.15) is 0 Å². The average molecular weight is 529 g/mol. The van der Waals surface area contributed by atoms with Crippen molar-refractivity contribution >= 4 is 35.2 Å². The van der Waals surface area contributed by atoms with Crippen LogP contribution >= 0.6 is 11.8 Å². The Balaban J connectivity index is 1.69. The number of fused-ring (bicyclic) bond motifs is 1. The van der Waals surface area contributed by atoms with Gasteiger partial charge in [-0.1, -0.05) is 12.2 Å². The second-order valence-corrected chi connectivity index (χ2v) is 11.3. The summed E-state index contributed by atoms with van der Waals surface area (Å²) in [5, 5.41) is 9.29. The van der Waals surface area contributed by atoms with Gasteiger partial charge in [0.1, 0.15) is 11.8 Å². The summed E-state index contributed by atoms with van der Waals surface area (Å²) in [5.41, 5.74) is 0.686. The molecule has 1 aromatic carbocycles. The first-order valence-corrected chi connectivity index (χ1v) is 13.7. The third kappa shape index (κ3) is 4.91. The van der Waals surface area contributed by atoms with E-state index in [-0.39, 0.29) is 42.8 Å². The number of thioether (sulfide) groups is 1. The number of hydrogen-bond acceptors (Lipinski definition) is 7. The molecule has 2 bridgehead atoms. The molecule has 200 valence electrons. The minimum atomic E-state index is -0.716. The zero-order valence-corrected chi connectivity index (χ0v) is 22.2. The third-order valence-corrected chi connectivity index (χ3v) is 9.59. The fourth-order valence-corrected chi connectivity index (χ4v) is 8.24. The molecule has 3 heterocycles. The number of esters is 1. The lowest BCUT2D eigenvalue weighted by molar-refractivity contribution is -0.154. The molecule has 2 unspecified atom stereocenters. The van der Waals surface area contributed by atoms with Gasteiger partial charge in [0.15, 0.2) is 0 Å². The van der Waals surface area contributed by atoms with Crippen LogP contribution in [0.25, 0.3) is 0 Å². The Bertz CT molecular complexity index is 1030. The first-order chi connectivity index (χ1) is 17.9. The highest BCUT2D eigenvalue weighted by atomic mass is 32.2. The monoisotopic (exact) mass is 528 g/mol. The molecule has 9 heteroatoms. The molecule has 1 spiro atoms. The van der Waals surface area contributed by atoms with Crippen LogP contribution in [0.15, 0.2) is 49.6 Å². The van der Waals surface area contributed by atoms with Crippen LogP contribution < -0.4 is 9.64 Å². The Morgan fingerprint density at radius 2 is 2.00 bits per heavy atom. The van der Waals surface area contributed by atoms with Crippen LogP contribution in [0.5, 0.6) is 5.75 Å². The lowest BCUT2D eigenvalue weighted by Gasteiger charge is -2.37. The summed E-state index contributed by atoms with van der Waals surface area (Å²) < 4.78 is 10.1. The van der Waals surface area contributed by atoms with E-state index in [4.69, 9.17) is 9.47 Å². The molecule has 2 amide bonds. The van der Waals surface area contributed by atoms with E-state index in [0.29, 0.717) is 43.7 Å². The van der Waals surface area contributed by atoms with Crippen LogP contribution in [0.4, 0.5) is 5.69 Å². The number of benzene rings is 1. The highest BCUT2D eigenvalue weighted by molar-refractivity contribution is 8.02. The molecule has 3 aliphatic rings. The molecule has 0 aromatic heterocycles. The van der Waals surface area contributed by atoms with E-state index in [9.17, 15) is 19.5 Å². The molecule has 3 fully saturated rings. The van der Waals surface area contributed by atoms with E-state index in [1.54, 1.807) is 53.0 Å². The van der Waals surface area contributed by atoms with Gasteiger partial charge in [0, 0.05) is 30.6 Å². The van der Waals surface area contributed by atoms with E-state index in [2.05, 4.69) is 13.2 Å². The van der Waals surface area contributed by atoms with Gasteiger partial charge in [-0.25, -0.2) is 0 Å². The number of carbonyl (C=O) groups excluding carboxylic acids is 3. The quantitative estimate of drug-likeness (QED) is 0.239. The first-order valence-electron chi connectivity index (χ1n) is 12.9. The van der Waals surface area contributed by atoms with Crippen molar-refractivity contribution in [3.8, 4) is 5.75 Å². The number of likely N-dealkylation sites (tertiary alicyclic amines) is 1. The topological polar surface area (TPSA) is 96.4 Å². The van der Waals surface area contributed by atoms with Crippen molar-refractivity contribution < 1.29 is 29.0 Å². The van der Waals surface area contributed by atoms with Crippen molar-refractivity contribution in [2.24, 2.45) is 11.8 Å². The number of amides is 2. The largest absolute Gasteiger partial charge is 0.497 e. The molecule has 3 aliphatic heterocycles. The second kappa shape index (κ2) is 11.7. The summed E-state index contributed by atoms with van der Waals surface area (Å²) in [4.78, 5) is 44.8. The SMILES string of the molecule is C=CCCOC(=O)[C@@H]1[C@H]2C(=O)N(CCCCO)C(C(=O)N(CC=C)c3ccc(OC)cc3)C23CC[C@H]1S3. The van der Waals surface area contributed by atoms with Crippen molar-refractivity contribution in [2.75, 3.05) is 38.3 Å². The van der Waals surface area contributed by atoms with Gasteiger partial charge in [-0.05, 0) is 56.4 Å². The Kier molecular flexibility index (Phi) is 8.64. The van der Waals surface area contributed by atoms with Crippen molar-refractivity contribution in [1.82, 2.24) is 4.90 Å². The Hall–Kier alpha value is -2.78. The molecular weight excluding hydrogens is 492 g/mol. The maximum atomic E-state index is 14.4. The lowest BCUT2D eigenvalue weighted by atomic mass is 9.71. The fourth-order valence-electron chi connectivity index (χ4n) is 6.04. The van der Waals surface area contributed by atoms with Gasteiger partial charge >= 0.3 is 5.97 Å². The molecule has 8 nitrogen and oxygen atoms in total. The van der Waals surface area contributed by atoms with Crippen molar-refractivity contribution in [1.29, 1.82) is 0 Å². The van der Waals surface area contributed by atoms with Crippen LogP contribution in [-0.2, 0) is 19.1 Å². The van der Waals surface area contributed by atoms with Gasteiger partial charge in [0.25, 0.3) is 5.91 Å². The summed E-state index contributed by atoms with van der Waals surface area (Å²) in [6.45, 7) is 8.39. The number of methoxy groups -OCH3 is 1. The second-order valence-electron chi connectivity index (χ2n) is 9.70. The van der Waals surface area contributed by atoms with Crippen molar-refractivity contribution in [3.05, 3.63) is 49.6 Å². The lowest BCUT2D eigenvalue weighted by Crippen LogP contribution is -2.55. The predicted molar refractivity (Wildman–Crippen MR) is 143 cm³/mol. The van der Waals surface area contributed by atoms with Crippen LogP contribution in [0, 0.1) is 11.8 Å². The van der Waals surface area contributed by atoms with Crippen LogP contribution in [0.1, 0.15) is 32.1 Å². The molecule has 5 atom stereocenters. The van der Waals surface area contributed by atoms with Gasteiger partial charge in [0.2, 0.25) is 5.91 Å². The summed E-state index contributed by atoms with van der Waals surface area (Å²) in [5.74, 6) is -1.19. The van der Waals surface area contributed by atoms with E-state index in [0.717, 1.165) is 6.42 Å². The number of carbonyl (C=O) groups is 3. The van der Waals surface area contributed by atoms with Gasteiger partial charge < -0.3 is 24.4 Å². The van der Waals surface area contributed by atoms with Crippen LogP contribution in [0.3, 0.4) is 0 Å². The number of hydrogen-bond donors (Lipinski definition) is 1. The van der Waals surface area contributed by atoms with E-state index in [1.807, 2.05) is 12.1 Å². The molecule has 1 aromatic rings. The number of rotatable bonds is 13. The third-order valence-electron chi connectivity index (χ3n) is 7.64. The molecule has 37 heavy (non-hydrogen) atoms. The molecular formula is C28H36N2O6S. The van der Waals surface area contributed by atoms with Crippen molar-refractivity contribution in [3.63, 3.8) is 0 Å². The number of unbranched alkanes of at least 4 members (excludes halogenated alkanes) is 1. The van der Waals surface area contributed by atoms with Gasteiger partial charge in [-0.3, -0.25) is 14.4 Å². The van der Waals surface area contributed by atoms with Gasteiger partial charge in [0.05, 0.1) is 30.3 Å². The standard InChI is InChI=1S/C28H36N2O6S/c1-4-6-18-36-27(34)22-21-13-14-28(37-21)23(22)25(32)30(16-7-8-17-31)24(28)26(33)29(15-5-2)19-9-11-20(35-3)12-10-19/h4-5,9-12,21-24,31H,1-2,6-8,13-18H2,3H3/t21-,22+,23+,24?,28?/m1/s1. The summed E-state index contributed by atoms with van der Waals surface area (Å²) in [6.07, 6.45) is 6.45. The zero-order chi connectivity index (χ0) is 26.6. The number of ether oxygens (including phenoxy) is 2. The zero-order valence-electron chi connectivity index (χ0n) is 21.3. The van der Waals surface area contributed by atoms with E-state index < -0.39 is 22.6 Å². The van der Waals surface area contributed by atoms with Crippen LogP contribution in [0.2, 0.25) is 0 Å². The smallest absolute Gasteiger partial charge is 0.310 e. The number of aliphatic hydroxyl groups excluding tert-OH is 1. The van der Waals surface area contributed by atoms with Gasteiger partial charge in [-0.15, -0.1) is 24.9 Å². The summed E-state index contributed by atoms with van der Waals surface area (Å²) >= 11 is 1.62. The minimum Gasteiger partial charge on any atom is -0.497 e. The molecule has 3 saturated heterocycles. The first kappa shape index (κ1) is 27.3. The number of nitrogens with zero attached hydrogens (tertiary/aromatic N) is 2. The molecule has 4 rings (SSSR count). The molecule has 0 saturated carbocycles. The van der Waals surface area contributed by atoms with Crippen LogP contribution in [-0.4, -0.2) is 77.2 Å². The molecule has 1 N–H and O–H groups in total. The minimum absolute atomic E-state index is 0.0126. The normalized spacial score (nSPS) is 27.6.